The van der Waals surface area contributed by atoms with E-state index in [9.17, 15) is 9.59 Å². The molecule has 0 aromatic carbocycles. The van der Waals surface area contributed by atoms with Crippen molar-refractivity contribution < 1.29 is 14.3 Å². The van der Waals surface area contributed by atoms with Crippen molar-refractivity contribution >= 4 is 12.0 Å². The minimum absolute atomic E-state index is 0.0594. The normalized spacial score (nSPS) is 20.5. The average molecular weight is 240 g/mol. The van der Waals surface area contributed by atoms with Crippen molar-refractivity contribution in [2.45, 2.75) is 32.6 Å². The van der Waals surface area contributed by atoms with Crippen LogP contribution in [0.25, 0.3) is 0 Å². The summed E-state index contributed by atoms with van der Waals surface area (Å²) in [6.45, 7) is 2.76. The van der Waals surface area contributed by atoms with Gasteiger partial charge in [-0.2, -0.15) is 0 Å². The summed E-state index contributed by atoms with van der Waals surface area (Å²) >= 11 is 0. The molecule has 2 aliphatic carbocycles. The SMILES string of the molecule is CCOC(=O)CNC(=O)NCC1(C2CC2)CC1. The molecule has 0 spiro atoms. The topological polar surface area (TPSA) is 67.4 Å². The molecule has 2 fully saturated rings. The maximum absolute atomic E-state index is 11.4. The number of hydrogen-bond acceptors (Lipinski definition) is 3. The molecule has 17 heavy (non-hydrogen) atoms. The third-order valence-corrected chi connectivity index (χ3v) is 3.64. The standard InChI is InChI=1S/C12H20N2O3/c1-2-17-10(15)7-13-11(16)14-8-12(5-6-12)9-3-4-9/h9H,2-8H2,1H3,(H2,13,14,16). The molecule has 0 heterocycles. The zero-order chi connectivity index (χ0) is 12.3. The minimum atomic E-state index is -0.397. The summed E-state index contributed by atoms with van der Waals surface area (Å²) in [4.78, 5) is 22.5. The van der Waals surface area contributed by atoms with Crippen molar-refractivity contribution in [1.82, 2.24) is 10.6 Å². The Morgan fingerprint density at radius 2 is 2.00 bits per heavy atom. The van der Waals surface area contributed by atoms with Crippen LogP contribution in [0, 0.1) is 11.3 Å². The highest BCUT2D eigenvalue weighted by atomic mass is 16.5. The van der Waals surface area contributed by atoms with Crippen molar-refractivity contribution in [3.63, 3.8) is 0 Å². The summed E-state index contributed by atoms with van der Waals surface area (Å²) in [5.74, 6) is 0.429. The maximum atomic E-state index is 11.4. The lowest BCUT2D eigenvalue weighted by molar-refractivity contribution is -0.141. The first-order chi connectivity index (χ1) is 8.16. The van der Waals surface area contributed by atoms with E-state index < -0.39 is 5.97 Å². The molecule has 2 N–H and O–H groups in total. The first-order valence-corrected chi connectivity index (χ1v) is 6.33. The van der Waals surface area contributed by atoms with Crippen LogP contribution < -0.4 is 10.6 Å². The van der Waals surface area contributed by atoms with Gasteiger partial charge < -0.3 is 15.4 Å². The van der Waals surface area contributed by atoms with Gasteiger partial charge >= 0.3 is 12.0 Å². The number of carbonyl (C=O) groups is 2. The predicted molar refractivity (Wildman–Crippen MR) is 62.4 cm³/mol. The molecule has 96 valence electrons. The second kappa shape index (κ2) is 4.94. The van der Waals surface area contributed by atoms with Crippen LogP contribution in [0.1, 0.15) is 32.6 Å². The summed E-state index contributed by atoms with van der Waals surface area (Å²) in [6, 6.07) is -0.273. The number of ether oxygens (including phenoxy) is 1. The molecule has 0 aromatic heterocycles. The lowest BCUT2D eigenvalue weighted by atomic mass is 10.0. The molecule has 0 saturated heterocycles. The van der Waals surface area contributed by atoms with Gasteiger partial charge in [0.15, 0.2) is 0 Å². The van der Waals surface area contributed by atoms with Crippen LogP contribution in [0.3, 0.4) is 0 Å². The second-order valence-corrected chi connectivity index (χ2v) is 4.98. The van der Waals surface area contributed by atoms with E-state index in [1.807, 2.05) is 0 Å². The Labute approximate surface area is 101 Å². The summed E-state index contributed by atoms with van der Waals surface area (Å²) in [6.07, 6.45) is 5.09. The third kappa shape index (κ3) is 3.35. The summed E-state index contributed by atoms with van der Waals surface area (Å²) in [7, 11) is 0. The van der Waals surface area contributed by atoms with E-state index >= 15 is 0 Å². The summed E-state index contributed by atoms with van der Waals surface area (Å²) < 4.78 is 4.72. The molecule has 2 aliphatic rings. The van der Waals surface area contributed by atoms with Crippen LogP contribution in [0.2, 0.25) is 0 Å². The molecule has 2 amide bonds. The highest BCUT2D eigenvalue weighted by molar-refractivity contribution is 5.80. The van der Waals surface area contributed by atoms with Crippen LogP contribution in [0.4, 0.5) is 4.79 Å². The van der Waals surface area contributed by atoms with Crippen LogP contribution in [-0.2, 0) is 9.53 Å². The quantitative estimate of drug-likeness (QED) is 0.682. The van der Waals surface area contributed by atoms with Gasteiger partial charge in [0.05, 0.1) is 6.61 Å². The van der Waals surface area contributed by atoms with Gasteiger partial charge in [-0.05, 0) is 43.9 Å². The van der Waals surface area contributed by atoms with Crippen molar-refractivity contribution in [3.8, 4) is 0 Å². The molecule has 0 radical (unpaired) electrons. The monoisotopic (exact) mass is 240 g/mol. The molecule has 0 unspecified atom stereocenters. The van der Waals surface area contributed by atoms with Gasteiger partial charge in [0.1, 0.15) is 6.54 Å². The fourth-order valence-electron chi connectivity index (χ4n) is 2.27. The average Bonchev–Trinajstić information content (AvgIpc) is 3.16. The second-order valence-electron chi connectivity index (χ2n) is 4.98. The lowest BCUT2D eigenvalue weighted by Gasteiger charge is -2.15. The molecular formula is C12H20N2O3. The molecule has 0 aliphatic heterocycles. The van der Waals surface area contributed by atoms with E-state index in [1.165, 1.54) is 25.7 Å². The molecule has 0 bridgehead atoms. The Morgan fingerprint density at radius 1 is 1.29 bits per heavy atom. The van der Waals surface area contributed by atoms with Crippen LogP contribution in [0.5, 0.6) is 0 Å². The first kappa shape index (κ1) is 12.2. The largest absolute Gasteiger partial charge is 0.465 e. The van der Waals surface area contributed by atoms with Gasteiger partial charge in [0.25, 0.3) is 0 Å². The van der Waals surface area contributed by atoms with E-state index in [0.29, 0.717) is 12.0 Å². The van der Waals surface area contributed by atoms with Gasteiger partial charge in [-0.15, -0.1) is 0 Å². The smallest absolute Gasteiger partial charge is 0.325 e. The Morgan fingerprint density at radius 3 is 2.53 bits per heavy atom. The first-order valence-electron chi connectivity index (χ1n) is 6.33. The number of nitrogens with one attached hydrogen (secondary N) is 2. The van der Waals surface area contributed by atoms with Gasteiger partial charge in [0.2, 0.25) is 0 Å². The summed E-state index contributed by atoms with van der Waals surface area (Å²) in [5.41, 5.74) is 0.390. The molecule has 0 aromatic rings. The summed E-state index contributed by atoms with van der Waals surface area (Å²) in [5, 5.41) is 5.35. The van der Waals surface area contributed by atoms with Gasteiger partial charge in [-0.1, -0.05) is 0 Å². The minimum Gasteiger partial charge on any atom is -0.465 e. The van der Waals surface area contributed by atoms with Crippen molar-refractivity contribution in [2.75, 3.05) is 19.7 Å². The van der Waals surface area contributed by atoms with Crippen LogP contribution in [0.15, 0.2) is 0 Å². The Hall–Kier alpha value is -1.26. The fourth-order valence-corrected chi connectivity index (χ4v) is 2.27. The van der Waals surface area contributed by atoms with Crippen LogP contribution in [-0.4, -0.2) is 31.7 Å². The zero-order valence-electron chi connectivity index (χ0n) is 10.3. The van der Waals surface area contributed by atoms with E-state index in [2.05, 4.69) is 10.6 Å². The molecule has 0 atom stereocenters. The van der Waals surface area contributed by atoms with Gasteiger partial charge in [-0.25, -0.2) is 4.79 Å². The van der Waals surface area contributed by atoms with E-state index in [4.69, 9.17) is 4.74 Å². The Bertz CT molecular complexity index is 309. The number of amides is 2. The molecule has 5 nitrogen and oxygen atoms in total. The molecule has 2 saturated carbocycles. The number of hydrogen-bond donors (Lipinski definition) is 2. The fraction of sp³-hybridized carbons (Fsp3) is 0.833. The Kier molecular flexibility index (Phi) is 3.54. The number of rotatable bonds is 6. The lowest BCUT2D eigenvalue weighted by Crippen LogP contribution is -2.41. The van der Waals surface area contributed by atoms with E-state index in [0.717, 1.165) is 12.5 Å². The molecular weight excluding hydrogens is 220 g/mol. The van der Waals surface area contributed by atoms with Crippen molar-refractivity contribution in [1.29, 1.82) is 0 Å². The molecule has 5 heteroatoms. The predicted octanol–water partition coefficient (Wildman–Crippen LogP) is 1.04. The maximum Gasteiger partial charge on any atom is 0.325 e. The number of carbonyl (C=O) groups excluding carboxylic acids is 2. The van der Waals surface area contributed by atoms with E-state index in [1.54, 1.807) is 6.92 Å². The van der Waals surface area contributed by atoms with Gasteiger partial charge in [0, 0.05) is 6.54 Å². The Balaban J connectivity index is 1.59. The van der Waals surface area contributed by atoms with Gasteiger partial charge in [-0.3, -0.25) is 4.79 Å². The van der Waals surface area contributed by atoms with Crippen molar-refractivity contribution in [3.05, 3.63) is 0 Å². The number of urea groups is 1. The number of esters is 1. The van der Waals surface area contributed by atoms with Crippen molar-refractivity contribution in [2.24, 2.45) is 11.3 Å². The third-order valence-electron chi connectivity index (χ3n) is 3.64. The van der Waals surface area contributed by atoms with E-state index in [-0.39, 0.29) is 12.6 Å². The van der Waals surface area contributed by atoms with Crippen LogP contribution >= 0.6 is 0 Å². The molecule has 2 rings (SSSR count). The highest BCUT2D eigenvalue weighted by Gasteiger charge is 2.53. The highest BCUT2D eigenvalue weighted by Crippen LogP contribution is 2.60. The zero-order valence-corrected chi connectivity index (χ0v) is 10.3.